The van der Waals surface area contributed by atoms with Gasteiger partial charge in [-0.25, -0.2) is 15.5 Å². The molecule has 1 aromatic carbocycles. The lowest BCUT2D eigenvalue weighted by atomic mass is 9.90. The van der Waals surface area contributed by atoms with Crippen molar-refractivity contribution in [2.24, 2.45) is 5.90 Å². The molecular weight excluding hydrogens is 428 g/mol. The highest BCUT2D eigenvalue weighted by molar-refractivity contribution is 5.78. The Kier molecular flexibility index (Phi) is 7.28. The zero-order valence-corrected chi connectivity index (χ0v) is 19.5. The number of hydrogen-bond acceptors (Lipinski definition) is 7. The Balaban J connectivity index is 1.57. The third-order valence-electron chi connectivity index (χ3n) is 5.49. The highest BCUT2D eigenvalue weighted by Crippen LogP contribution is 2.35. The SMILES string of the molecule is CC(C)(C)OC(=O)NCCCn1cc(-c2ccc3c(c2)CC[C@H]([C@](C)(ON)C(=O)O)O3)cn1. The minimum atomic E-state index is -1.62. The van der Waals surface area contributed by atoms with Crippen LogP contribution < -0.4 is 16.0 Å². The van der Waals surface area contributed by atoms with Crippen molar-refractivity contribution in [2.45, 2.75) is 70.8 Å². The number of carboxylic acids is 1. The van der Waals surface area contributed by atoms with E-state index in [1.807, 2.05) is 49.8 Å². The Morgan fingerprint density at radius 2 is 2.06 bits per heavy atom. The molecule has 1 aliphatic rings. The number of ether oxygens (including phenoxy) is 2. The molecule has 0 aliphatic carbocycles. The van der Waals surface area contributed by atoms with Gasteiger partial charge in [-0.3, -0.25) is 9.52 Å². The topological polar surface area (TPSA) is 138 Å². The Hall–Kier alpha value is -3.11. The number of alkyl carbamates (subject to hydrolysis) is 1. The van der Waals surface area contributed by atoms with Crippen molar-refractivity contribution in [3.8, 4) is 16.9 Å². The quantitative estimate of drug-likeness (QED) is 0.404. The standard InChI is InChI=1S/C23H32N4O6/c1-22(2,3)32-21(30)25-10-5-11-27-14-17(13-26-27)15-6-8-18-16(12-15)7-9-19(31-18)23(4,33-24)20(28)29/h6,8,12-14,19H,5,7,9-11,24H2,1-4H3,(H,25,30)(H,28,29)/t19-,23+/m1/s1. The predicted octanol–water partition coefficient (Wildman–Crippen LogP) is 2.89. The van der Waals surface area contributed by atoms with E-state index in [1.54, 1.807) is 6.20 Å². The van der Waals surface area contributed by atoms with Gasteiger partial charge in [0.2, 0.25) is 5.60 Å². The van der Waals surface area contributed by atoms with E-state index in [-0.39, 0.29) is 0 Å². The molecule has 1 aromatic heterocycles. The normalized spacial score (nSPS) is 17.4. The predicted molar refractivity (Wildman–Crippen MR) is 121 cm³/mol. The summed E-state index contributed by atoms with van der Waals surface area (Å²) in [5.41, 5.74) is 0.805. The first-order valence-electron chi connectivity index (χ1n) is 10.9. The van der Waals surface area contributed by atoms with Crippen molar-refractivity contribution >= 4 is 12.1 Å². The first-order chi connectivity index (χ1) is 15.5. The molecule has 2 heterocycles. The van der Waals surface area contributed by atoms with Gasteiger partial charge in [-0.1, -0.05) is 6.07 Å². The fraction of sp³-hybridized carbons (Fsp3) is 0.522. The van der Waals surface area contributed by atoms with Crippen molar-refractivity contribution in [3.63, 3.8) is 0 Å². The van der Waals surface area contributed by atoms with Crippen molar-refractivity contribution < 1.29 is 29.0 Å². The molecule has 10 heteroatoms. The van der Waals surface area contributed by atoms with Crippen LogP contribution in [0.15, 0.2) is 30.6 Å². The van der Waals surface area contributed by atoms with E-state index in [0.717, 1.165) is 16.7 Å². The first kappa shape index (κ1) is 24.5. The van der Waals surface area contributed by atoms with Crippen LogP contribution in [0.4, 0.5) is 4.79 Å². The second kappa shape index (κ2) is 9.80. The van der Waals surface area contributed by atoms with Crippen molar-refractivity contribution in [2.75, 3.05) is 6.54 Å². The number of amides is 1. The number of benzene rings is 1. The molecule has 3 rings (SSSR count). The molecule has 0 spiro atoms. The van der Waals surface area contributed by atoms with E-state index < -0.39 is 29.4 Å². The second-order valence-electron chi connectivity index (χ2n) is 9.27. The van der Waals surface area contributed by atoms with Gasteiger partial charge < -0.3 is 19.9 Å². The molecule has 1 aliphatic heterocycles. The van der Waals surface area contributed by atoms with E-state index in [2.05, 4.69) is 10.4 Å². The van der Waals surface area contributed by atoms with Gasteiger partial charge in [-0.05, 0) is 70.2 Å². The zero-order valence-electron chi connectivity index (χ0n) is 19.5. The van der Waals surface area contributed by atoms with E-state index in [1.165, 1.54) is 6.92 Å². The van der Waals surface area contributed by atoms with Crippen molar-refractivity contribution in [1.29, 1.82) is 0 Å². The molecule has 0 unspecified atom stereocenters. The lowest BCUT2D eigenvalue weighted by Gasteiger charge is -2.35. The molecule has 0 fully saturated rings. The molecule has 2 aromatic rings. The molecule has 0 saturated heterocycles. The number of carbonyl (C=O) groups is 2. The van der Waals surface area contributed by atoms with Crippen LogP contribution in [-0.2, 0) is 27.3 Å². The largest absolute Gasteiger partial charge is 0.486 e. The van der Waals surface area contributed by atoms with Crippen LogP contribution in [0.5, 0.6) is 5.75 Å². The second-order valence-corrected chi connectivity index (χ2v) is 9.27. The Morgan fingerprint density at radius 1 is 1.30 bits per heavy atom. The number of aliphatic carboxylic acids is 1. The van der Waals surface area contributed by atoms with Crippen LogP contribution >= 0.6 is 0 Å². The van der Waals surface area contributed by atoms with Gasteiger partial charge in [0.05, 0.1) is 6.20 Å². The van der Waals surface area contributed by atoms with Crippen molar-refractivity contribution in [3.05, 3.63) is 36.2 Å². The van der Waals surface area contributed by atoms with E-state index >= 15 is 0 Å². The first-order valence-corrected chi connectivity index (χ1v) is 10.9. The number of aryl methyl sites for hydroxylation is 2. The Labute approximate surface area is 193 Å². The molecular formula is C23H32N4O6. The highest BCUT2D eigenvalue weighted by atomic mass is 16.7. The van der Waals surface area contributed by atoms with E-state index in [4.69, 9.17) is 20.2 Å². The van der Waals surface area contributed by atoms with Gasteiger partial charge in [0.15, 0.2) is 0 Å². The molecule has 4 N–H and O–H groups in total. The molecule has 180 valence electrons. The van der Waals surface area contributed by atoms with E-state index in [0.29, 0.717) is 38.1 Å². The molecule has 0 radical (unpaired) electrons. The average Bonchev–Trinajstić information content (AvgIpc) is 3.23. The number of carboxylic acid groups (broad SMARTS) is 1. The van der Waals surface area contributed by atoms with Crippen LogP contribution in [0.25, 0.3) is 11.1 Å². The average molecular weight is 461 g/mol. The van der Waals surface area contributed by atoms with Gasteiger partial charge in [0.1, 0.15) is 17.5 Å². The number of aromatic nitrogens is 2. The highest BCUT2D eigenvalue weighted by Gasteiger charge is 2.46. The minimum absolute atomic E-state index is 0.427. The van der Waals surface area contributed by atoms with Crippen LogP contribution in [0.2, 0.25) is 0 Å². The summed E-state index contributed by atoms with van der Waals surface area (Å²) >= 11 is 0. The van der Waals surface area contributed by atoms with Gasteiger partial charge in [-0.2, -0.15) is 5.10 Å². The van der Waals surface area contributed by atoms with Crippen LogP contribution in [-0.4, -0.2) is 50.8 Å². The summed E-state index contributed by atoms with van der Waals surface area (Å²) in [6.07, 6.45) is 4.46. The number of nitrogens with two attached hydrogens (primary N) is 1. The molecule has 33 heavy (non-hydrogen) atoms. The number of rotatable bonds is 8. The Morgan fingerprint density at radius 3 is 2.73 bits per heavy atom. The summed E-state index contributed by atoms with van der Waals surface area (Å²) in [5, 5.41) is 16.6. The zero-order chi connectivity index (χ0) is 24.2. The summed E-state index contributed by atoms with van der Waals surface area (Å²) < 4.78 is 13.0. The summed E-state index contributed by atoms with van der Waals surface area (Å²) in [6.45, 7) is 8.03. The summed E-state index contributed by atoms with van der Waals surface area (Å²) in [7, 11) is 0. The fourth-order valence-corrected chi connectivity index (χ4v) is 3.60. The minimum Gasteiger partial charge on any atom is -0.486 e. The smallest absolute Gasteiger partial charge is 0.407 e. The maximum atomic E-state index is 11.7. The van der Waals surface area contributed by atoms with Crippen molar-refractivity contribution in [1.82, 2.24) is 15.1 Å². The number of fused-ring (bicyclic) bond motifs is 1. The monoisotopic (exact) mass is 460 g/mol. The molecule has 10 nitrogen and oxygen atoms in total. The maximum Gasteiger partial charge on any atom is 0.407 e. The maximum absolute atomic E-state index is 11.7. The molecule has 0 bridgehead atoms. The summed E-state index contributed by atoms with van der Waals surface area (Å²) in [5.74, 6) is 4.71. The van der Waals surface area contributed by atoms with Crippen LogP contribution in [0.1, 0.15) is 46.1 Å². The molecule has 0 saturated carbocycles. The fourth-order valence-electron chi connectivity index (χ4n) is 3.60. The molecule has 1 amide bonds. The lowest BCUT2D eigenvalue weighted by molar-refractivity contribution is -0.179. The number of carbonyl (C=O) groups excluding carboxylic acids is 1. The third kappa shape index (κ3) is 6.02. The van der Waals surface area contributed by atoms with Gasteiger partial charge in [0.25, 0.3) is 0 Å². The number of nitrogens with zero attached hydrogens (tertiary/aromatic N) is 2. The number of hydrogen-bond donors (Lipinski definition) is 3. The number of nitrogens with one attached hydrogen (secondary N) is 1. The summed E-state index contributed by atoms with van der Waals surface area (Å²) in [6, 6.07) is 5.77. The lowest BCUT2D eigenvalue weighted by Crippen LogP contribution is -2.54. The van der Waals surface area contributed by atoms with Crippen LogP contribution in [0.3, 0.4) is 0 Å². The Bertz CT molecular complexity index is 999. The van der Waals surface area contributed by atoms with Gasteiger partial charge >= 0.3 is 12.1 Å². The summed E-state index contributed by atoms with van der Waals surface area (Å²) in [4.78, 5) is 28.0. The van der Waals surface area contributed by atoms with E-state index in [9.17, 15) is 14.7 Å². The van der Waals surface area contributed by atoms with Crippen LogP contribution in [0, 0.1) is 0 Å². The third-order valence-corrected chi connectivity index (χ3v) is 5.49. The van der Waals surface area contributed by atoms with Gasteiger partial charge in [0, 0.05) is 24.8 Å². The molecule has 2 atom stereocenters. The van der Waals surface area contributed by atoms with Gasteiger partial charge in [-0.15, -0.1) is 0 Å².